The van der Waals surface area contributed by atoms with Crippen LogP contribution in [0.25, 0.3) is 16.7 Å². The first-order valence-corrected chi connectivity index (χ1v) is 9.77. The number of hydrogen-bond donors (Lipinski definition) is 0. The number of carbonyl (C=O) groups excluding carboxylic acids is 1. The monoisotopic (exact) mass is 418 g/mol. The van der Waals surface area contributed by atoms with E-state index >= 15 is 0 Å². The van der Waals surface area contributed by atoms with Crippen LogP contribution in [0.3, 0.4) is 0 Å². The topological polar surface area (TPSA) is 69.5 Å². The minimum Gasteiger partial charge on any atom is -0.497 e. The quantitative estimate of drug-likeness (QED) is 0.492. The SMILES string of the molecule is COc1cccc(CN2Cc3cc4c(C)nn(-c5ccc(F)cc5)c4nc3OC2=O)c1. The molecule has 0 saturated heterocycles. The summed E-state index contributed by atoms with van der Waals surface area (Å²) < 4.78 is 25.7. The van der Waals surface area contributed by atoms with Crippen molar-refractivity contribution in [3.63, 3.8) is 0 Å². The van der Waals surface area contributed by atoms with Crippen molar-refractivity contribution in [1.29, 1.82) is 0 Å². The molecule has 2 aromatic heterocycles. The minimum atomic E-state index is -0.466. The van der Waals surface area contributed by atoms with E-state index in [1.807, 2.05) is 37.3 Å². The van der Waals surface area contributed by atoms with Gasteiger partial charge in [-0.25, -0.2) is 13.9 Å². The summed E-state index contributed by atoms with van der Waals surface area (Å²) in [5.41, 5.74) is 3.75. The van der Waals surface area contributed by atoms with Crippen LogP contribution in [0.5, 0.6) is 11.6 Å². The molecule has 0 spiro atoms. The zero-order chi connectivity index (χ0) is 21.5. The number of aryl methyl sites for hydroxylation is 1. The third kappa shape index (κ3) is 3.46. The van der Waals surface area contributed by atoms with Crippen LogP contribution in [0.1, 0.15) is 16.8 Å². The predicted molar refractivity (Wildman–Crippen MR) is 112 cm³/mol. The first kappa shape index (κ1) is 19.0. The zero-order valence-electron chi connectivity index (χ0n) is 17.0. The molecule has 1 aliphatic rings. The smallest absolute Gasteiger partial charge is 0.417 e. The van der Waals surface area contributed by atoms with E-state index in [0.717, 1.165) is 28.0 Å². The number of rotatable bonds is 4. The van der Waals surface area contributed by atoms with Crippen molar-refractivity contribution in [3.8, 4) is 17.3 Å². The first-order chi connectivity index (χ1) is 15.0. The Balaban J connectivity index is 1.49. The van der Waals surface area contributed by atoms with Crippen LogP contribution in [-0.2, 0) is 13.1 Å². The third-order valence-corrected chi connectivity index (χ3v) is 5.26. The number of ether oxygens (including phenoxy) is 2. The predicted octanol–water partition coefficient (Wildman–Crippen LogP) is 4.39. The fourth-order valence-corrected chi connectivity index (χ4v) is 3.70. The van der Waals surface area contributed by atoms with Gasteiger partial charge in [-0.15, -0.1) is 0 Å². The number of fused-ring (bicyclic) bond motifs is 2. The molecule has 0 bridgehead atoms. The molecule has 31 heavy (non-hydrogen) atoms. The highest BCUT2D eigenvalue weighted by molar-refractivity contribution is 5.83. The Bertz CT molecular complexity index is 1300. The number of methoxy groups -OCH3 is 1. The van der Waals surface area contributed by atoms with Crippen molar-refractivity contribution in [2.45, 2.75) is 20.0 Å². The maximum absolute atomic E-state index is 13.3. The lowest BCUT2D eigenvalue weighted by Gasteiger charge is -2.27. The molecule has 0 saturated carbocycles. The molecule has 1 aliphatic heterocycles. The lowest BCUT2D eigenvalue weighted by molar-refractivity contribution is 0.133. The molecular formula is C23H19FN4O3. The Morgan fingerprint density at radius 1 is 1.16 bits per heavy atom. The second kappa shape index (κ2) is 7.39. The second-order valence-electron chi connectivity index (χ2n) is 7.37. The number of aromatic nitrogens is 3. The van der Waals surface area contributed by atoms with E-state index in [1.165, 1.54) is 12.1 Å². The molecule has 2 aromatic carbocycles. The van der Waals surface area contributed by atoms with Crippen LogP contribution in [0.2, 0.25) is 0 Å². The number of nitrogens with zero attached hydrogens (tertiary/aromatic N) is 4. The molecule has 8 heteroatoms. The van der Waals surface area contributed by atoms with E-state index in [2.05, 4.69) is 10.1 Å². The summed E-state index contributed by atoms with van der Waals surface area (Å²) in [4.78, 5) is 18.8. The zero-order valence-corrected chi connectivity index (χ0v) is 17.0. The van der Waals surface area contributed by atoms with Gasteiger partial charge in [-0.3, -0.25) is 4.90 Å². The number of hydrogen-bond acceptors (Lipinski definition) is 5. The number of halogens is 1. The summed E-state index contributed by atoms with van der Waals surface area (Å²) in [5.74, 6) is 0.672. The van der Waals surface area contributed by atoms with Gasteiger partial charge in [0.1, 0.15) is 11.6 Å². The molecular weight excluding hydrogens is 399 g/mol. The number of benzene rings is 2. The van der Waals surface area contributed by atoms with Crippen LogP contribution < -0.4 is 9.47 Å². The normalized spacial score (nSPS) is 13.3. The van der Waals surface area contributed by atoms with Gasteiger partial charge in [0.05, 0.1) is 25.0 Å². The van der Waals surface area contributed by atoms with Crippen LogP contribution in [0.4, 0.5) is 9.18 Å². The summed E-state index contributed by atoms with van der Waals surface area (Å²) >= 11 is 0. The van der Waals surface area contributed by atoms with Crippen LogP contribution in [-0.4, -0.2) is 32.9 Å². The molecule has 0 N–H and O–H groups in total. The van der Waals surface area contributed by atoms with Crippen LogP contribution >= 0.6 is 0 Å². The van der Waals surface area contributed by atoms with Crippen molar-refractivity contribution < 1.29 is 18.7 Å². The van der Waals surface area contributed by atoms with E-state index in [0.29, 0.717) is 24.4 Å². The Hall–Kier alpha value is -3.94. The minimum absolute atomic E-state index is 0.266. The molecule has 156 valence electrons. The lowest BCUT2D eigenvalue weighted by atomic mass is 10.1. The van der Waals surface area contributed by atoms with E-state index in [-0.39, 0.29) is 11.7 Å². The van der Waals surface area contributed by atoms with E-state index in [4.69, 9.17) is 9.47 Å². The van der Waals surface area contributed by atoms with Gasteiger partial charge in [0, 0.05) is 17.5 Å². The van der Waals surface area contributed by atoms with Crippen LogP contribution in [0.15, 0.2) is 54.6 Å². The Kier molecular flexibility index (Phi) is 4.54. The number of carbonyl (C=O) groups is 1. The number of amides is 1. The summed E-state index contributed by atoms with van der Waals surface area (Å²) in [6.45, 7) is 2.65. The molecule has 5 rings (SSSR count). The summed E-state index contributed by atoms with van der Waals surface area (Å²) in [6, 6.07) is 15.5. The van der Waals surface area contributed by atoms with Gasteiger partial charge in [0.2, 0.25) is 5.88 Å². The van der Waals surface area contributed by atoms with Gasteiger partial charge < -0.3 is 9.47 Å². The molecule has 0 radical (unpaired) electrons. The van der Waals surface area contributed by atoms with Gasteiger partial charge in [-0.05, 0) is 55.0 Å². The van der Waals surface area contributed by atoms with Crippen LogP contribution in [0, 0.1) is 12.7 Å². The standard InChI is InChI=1S/C23H19FN4O3/c1-14-20-11-16-13-27(12-15-4-3-5-19(10-15)30-2)23(29)31-22(16)25-21(20)28(26-14)18-8-6-17(24)7-9-18/h3-11H,12-13H2,1-2H3. The average Bonchev–Trinajstić information content (AvgIpc) is 3.09. The fourth-order valence-electron chi connectivity index (χ4n) is 3.70. The van der Waals surface area contributed by atoms with E-state index in [1.54, 1.807) is 28.8 Å². The highest BCUT2D eigenvalue weighted by Crippen LogP contribution is 2.31. The first-order valence-electron chi connectivity index (χ1n) is 9.77. The molecule has 0 aliphatic carbocycles. The third-order valence-electron chi connectivity index (χ3n) is 5.26. The van der Waals surface area contributed by atoms with E-state index in [9.17, 15) is 9.18 Å². The Morgan fingerprint density at radius 2 is 1.97 bits per heavy atom. The molecule has 0 fully saturated rings. The molecule has 4 aromatic rings. The highest BCUT2D eigenvalue weighted by Gasteiger charge is 2.28. The maximum atomic E-state index is 13.3. The molecule has 3 heterocycles. The lowest BCUT2D eigenvalue weighted by Crippen LogP contribution is -2.36. The van der Waals surface area contributed by atoms with Gasteiger partial charge in [0.15, 0.2) is 5.65 Å². The maximum Gasteiger partial charge on any atom is 0.417 e. The number of pyridine rings is 1. The molecule has 1 amide bonds. The van der Waals surface area contributed by atoms with Crippen molar-refractivity contribution >= 4 is 17.1 Å². The molecule has 0 atom stereocenters. The Morgan fingerprint density at radius 3 is 2.74 bits per heavy atom. The summed E-state index contributed by atoms with van der Waals surface area (Å²) in [5, 5.41) is 5.40. The van der Waals surface area contributed by atoms with Gasteiger partial charge in [-0.2, -0.15) is 10.1 Å². The van der Waals surface area contributed by atoms with Gasteiger partial charge in [-0.1, -0.05) is 12.1 Å². The van der Waals surface area contributed by atoms with E-state index < -0.39 is 6.09 Å². The molecule has 0 unspecified atom stereocenters. The van der Waals surface area contributed by atoms with Gasteiger partial charge >= 0.3 is 6.09 Å². The fraction of sp³-hybridized carbons (Fsp3) is 0.174. The highest BCUT2D eigenvalue weighted by atomic mass is 19.1. The van der Waals surface area contributed by atoms with Crippen molar-refractivity contribution in [2.75, 3.05) is 7.11 Å². The average molecular weight is 418 g/mol. The van der Waals surface area contributed by atoms with Crippen molar-refractivity contribution in [1.82, 2.24) is 19.7 Å². The molecule has 7 nitrogen and oxygen atoms in total. The van der Waals surface area contributed by atoms with Gasteiger partial charge in [0.25, 0.3) is 0 Å². The second-order valence-corrected chi connectivity index (χ2v) is 7.37. The van der Waals surface area contributed by atoms with Crippen molar-refractivity contribution in [2.24, 2.45) is 0 Å². The van der Waals surface area contributed by atoms with Crippen molar-refractivity contribution in [3.05, 3.63) is 77.2 Å². The summed E-state index contributed by atoms with van der Waals surface area (Å²) in [6.07, 6.45) is -0.466. The Labute approximate surface area is 177 Å². The largest absolute Gasteiger partial charge is 0.497 e. The summed E-state index contributed by atoms with van der Waals surface area (Å²) in [7, 11) is 1.61.